The smallest absolute Gasteiger partial charge is 0.243 e. The molecule has 1 atom stereocenters. The summed E-state index contributed by atoms with van der Waals surface area (Å²) in [5.74, 6) is 0.411. The molecule has 112 valence electrons. The van der Waals surface area contributed by atoms with Crippen molar-refractivity contribution in [2.24, 2.45) is 5.92 Å². The summed E-state index contributed by atoms with van der Waals surface area (Å²) in [5.41, 5.74) is 1.92. The quantitative estimate of drug-likeness (QED) is 0.923. The molecule has 20 heavy (non-hydrogen) atoms. The summed E-state index contributed by atoms with van der Waals surface area (Å²) >= 11 is 0. The van der Waals surface area contributed by atoms with Gasteiger partial charge in [0.25, 0.3) is 0 Å². The van der Waals surface area contributed by atoms with Gasteiger partial charge in [-0.3, -0.25) is 0 Å². The van der Waals surface area contributed by atoms with E-state index in [1.165, 1.54) is 0 Å². The van der Waals surface area contributed by atoms with Gasteiger partial charge in [-0.2, -0.15) is 4.31 Å². The summed E-state index contributed by atoms with van der Waals surface area (Å²) in [7, 11) is -1.44. The minimum atomic E-state index is -3.36. The van der Waals surface area contributed by atoms with Crippen LogP contribution in [0.25, 0.3) is 0 Å². The van der Waals surface area contributed by atoms with Crippen molar-refractivity contribution in [1.82, 2.24) is 9.62 Å². The summed E-state index contributed by atoms with van der Waals surface area (Å²) in [5, 5.41) is 3.15. The molecule has 2 rings (SSSR count). The third kappa shape index (κ3) is 3.22. The fourth-order valence-corrected chi connectivity index (χ4v) is 4.69. The predicted octanol–water partition coefficient (Wildman–Crippen LogP) is 1.92. The second kappa shape index (κ2) is 6.24. The first-order chi connectivity index (χ1) is 9.45. The van der Waals surface area contributed by atoms with Gasteiger partial charge in [0.1, 0.15) is 0 Å². The molecular weight excluding hydrogens is 272 g/mol. The van der Waals surface area contributed by atoms with E-state index in [0.717, 1.165) is 30.5 Å². The van der Waals surface area contributed by atoms with Gasteiger partial charge < -0.3 is 5.32 Å². The lowest BCUT2D eigenvalue weighted by molar-refractivity contribution is 0.263. The van der Waals surface area contributed by atoms with Gasteiger partial charge in [-0.05, 0) is 57.8 Å². The number of aryl methyl sites for hydroxylation is 2. The van der Waals surface area contributed by atoms with E-state index in [1.807, 2.05) is 33.0 Å². The molecule has 0 aliphatic carbocycles. The van der Waals surface area contributed by atoms with E-state index in [9.17, 15) is 8.42 Å². The lowest BCUT2D eigenvalue weighted by Gasteiger charge is -2.32. The normalized spacial score (nSPS) is 21.1. The highest BCUT2D eigenvalue weighted by Gasteiger charge is 2.30. The zero-order valence-electron chi connectivity index (χ0n) is 12.5. The van der Waals surface area contributed by atoms with Crippen molar-refractivity contribution in [3.8, 4) is 0 Å². The number of hydrogen-bond acceptors (Lipinski definition) is 3. The van der Waals surface area contributed by atoms with Gasteiger partial charge in [0.05, 0.1) is 4.90 Å². The second-order valence-corrected chi connectivity index (χ2v) is 7.60. The Balaban J connectivity index is 2.25. The molecule has 1 aromatic rings. The molecule has 0 bridgehead atoms. The molecular formula is C15H24N2O2S. The molecule has 1 N–H and O–H groups in total. The second-order valence-electron chi connectivity index (χ2n) is 5.70. The van der Waals surface area contributed by atoms with Crippen LogP contribution in [0, 0.1) is 19.8 Å². The Hall–Kier alpha value is -0.910. The lowest BCUT2D eigenvalue weighted by atomic mass is 10.00. The number of rotatable bonds is 4. The predicted molar refractivity (Wildman–Crippen MR) is 81.3 cm³/mol. The monoisotopic (exact) mass is 296 g/mol. The first-order valence-corrected chi connectivity index (χ1v) is 8.61. The standard InChI is InChI=1S/C15H24N2O2S/c1-12-6-7-15(13(2)9-12)20(18,19)17-8-4-5-14(11-17)10-16-3/h6-7,9,14,16H,4-5,8,10-11H2,1-3H3/t14-/m1/s1. The summed E-state index contributed by atoms with van der Waals surface area (Å²) in [4.78, 5) is 0.452. The molecule has 0 aromatic heterocycles. The van der Waals surface area contributed by atoms with Crippen LogP contribution >= 0.6 is 0 Å². The van der Waals surface area contributed by atoms with Gasteiger partial charge in [0.15, 0.2) is 0 Å². The van der Waals surface area contributed by atoms with E-state index < -0.39 is 10.0 Å². The number of nitrogens with zero attached hydrogens (tertiary/aromatic N) is 1. The first kappa shape index (κ1) is 15.5. The highest BCUT2D eigenvalue weighted by Crippen LogP contribution is 2.25. The molecule has 4 nitrogen and oxygen atoms in total. The molecule has 0 unspecified atom stereocenters. The van der Waals surface area contributed by atoms with E-state index in [2.05, 4.69) is 5.32 Å². The van der Waals surface area contributed by atoms with E-state index in [1.54, 1.807) is 10.4 Å². The Morgan fingerprint density at radius 2 is 2.10 bits per heavy atom. The SMILES string of the molecule is CNC[C@H]1CCCN(S(=O)(=O)c2ccc(C)cc2C)C1. The molecule has 5 heteroatoms. The van der Waals surface area contributed by atoms with E-state index >= 15 is 0 Å². The average Bonchev–Trinajstić information content (AvgIpc) is 2.39. The van der Waals surface area contributed by atoms with Crippen LogP contribution in [-0.4, -0.2) is 39.4 Å². The van der Waals surface area contributed by atoms with Crippen LogP contribution < -0.4 is 5.32 Å². The molecule has 1 aliphatic heterocycles. The van der Waals surface area contributed by atoms with Crippen molar-refractivity contribution in [3.05, 3.63) is 29.3 Å². The van der Waals surface area contributed by atoms with Crippen molar-refractivity contribution < 1.29 is 8.42 Å². The number of nitrogens with one attached hydrogen (secondary N) is 1. The van der Waals surface area contributed by atoms with Gasteiger partial charge in [-0.1, -0.05) is 17.7 Å². The van der Waals surface area contributed by atoms with Crippen LogP contribution in [0.3, 0.4) is 0 Å². The summed E-state index contributed by atoms with van der Waals surface area (Å²) < 4.78 is 27.2. The molecule has 1 aromatic carbocycles. The Kier molecular flexibility index (Phi) is 4.83. The van der Waals surface area contributed by atoms with Crippen LogP contribution in [0.1, 0.15) is 24.0 Å². The Morgan fingerprint density at radius 3 is 2.75 bits per heavy atom. The molecule has 1 aliphatic rings. The summed E-state index contributed by atoms with van der Waals surface area (Å²) in [6.45, 7) is 5.98. The fraction of sp³-hybridized carbons (Fsp3) is 0.600. The molecule has 1 saturated heterocycles. The van der Waals surface area contributed by atoms with Crippen molar-refractivity contribution in [3.63, 3.8) is 0 Å². The largest absolute Gasteiger partial charge is 0.319 e. The maximum atomic E-state index is 12.8. The molecule has 1 heterocycles. The fourth-order valence-electron chi connectivity index (χ4n) is 2.93. The number of benzene rings is 1. The Labute approximate surface area is 122 Å². The zero-order chi connectivity index (χ0) is 14.8. The minimum Gasteiger partial charge on any atom is -0.319 e. The Morgan fingerprint density at radius 1 is 1.35 bits per heavy atom. The van der Waals surface area contributed by atoms with Gasteiger partial charge in [0.2, 0.25) is 10.0 Å². The highest BCUT2D eigenvalue weighted by atomic mass is 32.2. The van der Waals surface area contributed by atoms with Crippen molar-refractivity contribution >= 4 is 10.0 Å². The minimum absolute atomic E-state index is 0.411. The van der Waals surface area contributed by atoms with E-state index in [-0.39, 0.29) is 0 Å². The highest BCUT2D eigenvalue weighted by molar-refractivity contribution is 7.89. The van der Waals surface area contributed by atoms with Gasteiger partial charge in [0, 0.05) is 13.1 Å². The van der Waals surface area contributed by atoms with Crippen molar-refractivity contribution in [2.75, 3.05) is 26.7 Å². The van der Waals surface area contributed by atoms with Gasteiger partial charge >= 0.3 is 0 Å². The van der Waals surface area contributed by atoms with E-state index in [4.69, 9.17) is 0 Å². The molecule has 0 saturated carbocycles. The number of hydrogen-bond donors (Lipinski definition) is 1. The number of sulfonamides is 1. The maximum Gasteiger partial charge on any atom is 0.243 e. The Bertz CT molecular complexity index is 567. The van der Waals surface area contributed by atoms with Crippen LogP contribution in [0.15, 0.2) is 23.1 Å². The van der Waals surface area contributed by atoms with Crippen LogP contribution in [0.2, 0.25) is 0 Å². The summed E-state index contributed by atoms with van der Waals surface area (Å²) in [6, 6.07) is 5.54. The lowest BCUT2D eigenvalue weighted by Crippen LogP contribution is -2.42. The average molecular weight is 296 g/mol. The maximum absolute atomic E-state index is 12.8. The van der Waals surface area contributed by atoms with E-state index in [0.29, 0.717) is 23.9 Å². The third-order valence-corrected chi connectivity index (χ3v) is 5.95. The van der Waals surface area contributed by atoms with Crippen molar-refractivity contribution in [2.45, 2.75) is 31.6 Å². The van der Waals surface area contributed by atoms with Crippen LogP contribution in [0.4, 0.5) is 0 Å². The first-order valence-electron chi connectivity index (χ1n) is 7.17. The summed E-state index contributed by atoms with van der Waals surface area (Å²) in [6.07, 6.45) is 2.04. The molecule has 0 amide bonds. The molecule has 0 spiro atoms. The van der Waals surface area contributed by atoms with Gasteiger partial charge in [-0.25, -0.2) is 8.42 Å². The van der Waals surface area contributed by atoms with Crippen LogP contribution in [0.5, 0.6) is 0 Å². The topological polar surface area (TPSA) is 49.4 Å². The van der Waals surface area contributed by atoms with Gasteiger partial charge in [-0.15, -0.1) is 0 Å². The third-order valence-electron chi connectivity index (χ3n) is 3.92. The van der Waals surface area contributed by atoms with Crippen LogP contribution in [-0.2, 0) is 10.0 Å². The molecule has 0 radical (unpaired) electrons. The zero-order valence-corrected chi connectivity index (χ0v) is 13.3. The number of piperidine rings is 1. The molecule has 1 fully saturated rings. The van der Waals surface area contributed by atoms with Crippen molar-refractivity contribution in [1.29, 1.82) is 0 Å².